The second-order valence-electron chi connectivity index (χ2n) is 4.02. The van der Waals surface area contributed by atoms with Gasteiger partial charge in [-0.25, -0.2) is 9.97 Å². The van der Waals surface area contributed by atoms with E-state index in [4.69, 9.17) is 10.8 Å². The summed E-state index contributed by atoms with van der Waals surface area (Å²) in [4.78, 5) is 8.55. The van der Waals surface area contributed by atoms with Crippen LogP contribution in [0.25, 0.3) is 0 Å². The molecule has 5 heteroatoms. The second kappa shape index (κ2) is 5.65. The molecule has 1 unspecified atom stereocenters. The highest BCUT2D eigenvalue weighted by Gasteiger charge is 2.08. The predicted octanol–water partition coefficient (Wildman–Crippen LogP) is 0.970. The highest BCUT2D eigenvalue weighted by atomic mass is 16.3. The third-order valence-electron chi connectivity index (χ3n) is 2.48. The molecule has 5 nitrogen and oxygen atoms in total. The zero-order valence-electron chi connectivity index (χ0n) is 10.1. The summed E-state index contributed by atoms with van der Waals surface area (Å²) in [6.07, 6.45) is 0.759. The van der Waals surface area contributed by atoms with Gasteiger partial charge in [0, 0.05) is 25.1 Å². The topological polar surface area (TPSA) is 84.1 Å². The maximum absolute atomic E-state index is 8.94. The average Bonchev–Trinajstić information content (AvgIpc) is 2.30. The van der Waals surface area contributed by atoms with Gasteiger partial charge in [0.15, 0.2) is 0 Å². The standard InChI is InChI=1S/C11H20N4O/c1-4-9-14-10(12)8(3)11(15-9)13-5-7(2)6-16/h7,16H,4-6H2,1-3H3,(H3,12,13,14,15). The van der Waals surface area contributed by atoms with Crippen LogP contribution in [0, 0.1) is 12.8 Å². The number of nitrogens with zero attached hydrogens (tertiary/aromatic N) is 2. The summed E-state index contributed by atoms with van der Waals surface area (Å²) in [5, 5.41) is 12.1. The molecule has 16 heavy (non-hydrogen) atoms. The molecule has 0 amide bonds. The van der Waals surface area contributed by atoms with Crippen LogP contribution in [0.2, 0.25) is 0 Å². The predicted molar refractivity (Wildman–Crippen MR) is 65.3 cm³/mol. The number of aryl methyl sites for hydroxylation is 1. The second-order valence-corrected chi connectivity index (χ2v) is 4.02. The number of rotatable bonds is 5. The molecule has 90 valence electrons. The Labute approximate surface area is 96.1 Å². The summed E-state index contributed by atoms with van der Waals surface area (Å²) in [6, 6.07) is 0. The van der Waals surface area contributed by atoms with E-state index in [-0.39, 0.29) is 12.5 Å². The van der Waals surface area contributed by atoms with E-state index in [9.17, 15) is 0 Å². The van der Waals surface area contributed by atoms with E-state index in [0.717, 1.165) is 23.6 Å². The molecule has 0 saturated carbocycles. The summed E-state index contributed by atoms with van der Waals surface area (Å²) in [5.74, 6) is 2.22. The Kier molecular flexibility index (Phi) is 4.49. The van der Waals surface area contributed by atoms with E-state index < -0.39 is 0 Å². The Balaban J connectivity index is 2.82. The number of nitrogens with two attached hydrogens (primary N) is 1. The maximum atomic E-state index is 8.94. The number of nitrogen functional groups attached to an aromatic ring is 1. The van der Waals surface area contributed by atoms with Gasteiger partial charge in [0.1, 0.15) is 17.5 Å². The fourth-order valence-corrected chi connectivity index (χ4v) is 1.25. The molecule has 0 fully saturated rings. The van der Waals surface area contributed by atoms with Crippen molar-refractivity contribution in [2.75, 3.05) is 24.2 Å². The highest BCUT2D eigenvalue weighted by Crippen LogP contribution is 2.17. The van der Waals surface area contributed by atoms with Gasteiger partial charge in [-0.3, -0.25) is 0 Å². The molecule has 0 aromatic carbocycles. The number of nitrogens with one attached hydrogen (secondary N) is 1. The summed E-state index contributed by atoms with van der Waals surface area (Å²) < 4.78 is 0. The minimum Gasteiger partial charge on any atom is -0.396 e. The minimum atomic E-state index is 0.160. The van der Waals surface area contributed by atoms with Crippen molar-refractivity contribution in [3.8, 4) is 0 Å². The third-order valence-corrected chi connectivity index (χ3v) is 2.48. The molecule has 0 aliphatic heterocycles. The lowest BCUT2D eigenvalue weighted by Gasteiger charge is -2.13. The van der Waals surface area contributed by atoms with Gasteiger partial charge in [-0.05, 0) is 12.8 Å². The number of anilines is 2. The monoisotopic (exact) mass is 224 g/mol. The summed E-state index contributed by atoms with van der Waals surface area (Å²) in [6.45, 7) is 6.68. The van der Waals surface area contributed by atoms with Gasteiger partial charge >= 0.3 is 0 Å². The number of aliphatic hydroxyl groups is 1. The Morgan fingerprint density at radius 2 is 2.12 bits per heavy atom. The first-order valence-electron chi connectivity index (χ1n) is 5.56. The molecule has 0 spiro atoms. The lowest BCUT2D eigenvalue weighted by molar-refractivity contribution is 0.244. The SMILES string of the molecule is CCc1nc(N)c(C)c(NCC(C)CO)n1. The molecule has 0 radical (unpaired) electrons. The van der Waals surface area contributed by atoms with Gasteiger partial charge in [-0.2, -0.15) is 0 Å². The molecule has 0 aliphatic carbocycles. The number of aliphatic hydroxyl groups excluding tert-OH is 1. The van der Waals surface area contributed by atoms with Gasteiger partial charge in [-0.1, -0.05) is 13.8 Å². The van der Waals surface area contributed by atoms with Gasteiger partial charge in [0.25, 0.3) is 0 Å². The normalized spacial score (nSPS) is 12.5. The molecular formula is C11H20N4O. The fourth-order valence-electron chi connectivity index (χ4n) is 1.25. The van der Waals surface area contributed by atoms with Crippen molar-refractivity contribution in [2.24, 2.45) is 5.92 Å². The van der Waals surface area contributed by atoms with Crippen molar-refractivity contribution in [1.29, 1.82) is 0 Å². The summed E-state index contributed by atoms with van der Waals surface area (Å²) in [7, 11) is 0. The Hall–Kier alpha value is -1.36. The zero-order chi connectivity index (χ0) is 12.1. The molecule has 0 bridgehead atoms. The molecular weight excluding hydrogens is 204 g/mol. The van der Waals surface area contributed by atoms with Crippen LogP contribution >= 0.6 is 0 Å². The molecule has 1 rings (SSSR count). The van der Waals surface area contributed by atoms with Crippen LogP contribution in [-0.2, 0) is 6.42 Å². The van der Waals surface area contributed by atoms with Crippen LogP contribution in [0.3, 0.4) is 0 Å². The summed E-state index contributed by atoms with van der Waals surface area (Å²) in [5.41, 5.74) is 6.66. The molecule has 1 heterocycles. The van der Waals surface area contributed by atoms with E-state index in [1.807, 2.05) is 20.8 Å². The molecule has 4 N–H and O–H groups in total. The van der Waals surface area contributed by atoms with E-state index in [1.54, 1.807) is 0 Å². The van der Waals surface area contributed by atoms with E-state index >= 15 is 0 Å². The van der Waals surface area contributed by atoms with E-state index in [1.165, 1.54) is 0 Å². The largest absolute Gasteiger partial charge is 0.396 e. The van der Waals surface area contributed by atoms with Crippen molar-refractivity contribution < 1.29 is 5.11 Å². The lowest BCUT2D eigenvalue weighted by Crippen LogP contribution is -2.17. The van der Waals surface area contributed by atoms with Crippen LogP contribution in [0.1, 0.15) is 25.2 Å². The fraction of sp³-hybridized carbons (Fsp3) is 0.636. The number of aromatic nitrogens is 2. The molecule has 0 saturated heterocycles. The molecule has 1 atom stereocenters. The zero-order valence-corrected chi connectivity index (χ0v) is 10.1. The minimum absolute atomic E-state index is 0.160. The van der Waals surface area contributed by atoms with Crippen LogP contribution in [0.5, 0.6) is 0 Å². The Bertz CT molecular complexity index is 354. The first-order valence-corrected chi connectivity index (χ1v) is 5.56. The van der Waals surface area contributed by atoms with Crippen LogP contribution in [0.15, 0.2) is 0 Å². The van der Waals surface area contributed by atoms with Gasteiger partial charge in [0.05, 0.1) is 0 Å². The molecule has 0 aliphatic rings. The van der Waals surface area contributed by atoms with Crippen LogP contribution in [-0.4, -0.2) is 28.2 Å². The van der Waals surface area contributed by atoms with Crippen molar-refractivity contribution in [2.45, 2.75) is 27.2 Å². The van der Waals surface area contributed by atoms with Crippen molar-refractivity contribution in [1.82, 2.24) is 9.97 Å². The Morgan fingerprint density at radius 1 is 1.44 bits per heavy atom. The first-order chi connectivity index (χ1) is 7.58. The average molecular weight is 224 g/mol. The van der Waals surface area contributed by atoms with Gasteiger partial charge < -0.3 is 16.2 Å². The molecule has 1 aromatic rings. The smallest absolute Gasteiger partial charge is 0.134 e. The van der Waals surface area contributed by atoms with Crippen molar-refractivity contribution in [3.63, 3.8) is 0 Å². The van der Waals surface area contributed by atoms with Gasteiger partial charge in [0.2, 0.25) is 0 Å². The van der Waals surface area contributed by atoms with E-state index in [2.05, 4.69) is 15.3 Å². The maximum Gasteiger partial charge on any atom is 0.134 e. The molecule has 1 aromatic heterocycles. The third kappa shape index (κ3) is 3.06. The lowest BCUT2D eigenvalue weighted by atomic mass is 10.2. The van der Waals surface area contributed by atoms with Crippen LogP contribution < -0.4 is 11.1 Å². The van der Waals surface area contributed by atoms with Crippen LogP contribution in [0.4, 0.5) is 11.6 Å². The number of hydrogen-bond donors (Lipinski definition) is 3. The number of hydrogen-bond acceptors (Lipinski definition) is 5. The van der Waals surface area contributed by atoms with Crippen molar-refractivity contribution in [3.05, 3.63) is 11.4 Å². The first kappa shape index (κ1) is 12.7. The summed E-state index contributed by atoms with van der Waals surface area (Å²) >= 11 is 0. The van der Waals surface area contributed by atoms with E-state index in [0.29, 0.717) is 12.4 Å². The van der Waals surface area contributed by atoms with Gasteiger partial charge in [-0.15, -0.1) is 0 Å². The Morgan fingerprint density at radius 3 is 2.69 bits per heavy atom. The van der Waals surface area contributed by atoms with Crippen molar-refractivity contribution >= 4 is 11.6 Å². The highest BCUT2D eigenvalue weighted by molar-refractivity contribution is 5.54. The quantitative estimate of drug-likeness (QED) is 0.694.